The maximum absolute atomic E-state index is 12.0. The lowest BCUT2D eigenvalue weighted by Crippen LogP contribution is -2.40. The monoisotopic (exact) mass is 535 g/mol. The molecule has 2 rings (SSSR count). The summed E-state index contributed by atoms with van der Waals surface area (Å²) >= 11 is 0. The Hall–Kier alpha value is -1.91. The molecule has 1 aliphatic heterocycles. The molecule has 0 saturated carbocycles. The topological polar surface area (TPSA) is 81.6 Å². The smallest absolute Gasteiger partial charge is 0.310 e. The summed E-state index contributed by atoms with van der Waals surface area (Å²) in [5.74, 6) is 2.82. The molecule has 2 atom stereocenters. The lowest BCUT2D eigenvalue weighted by atomic mass is 9.99. The first kappa shape index (κ1) is 26.1. The molecule has 8 nitrogen and oxygen atoms in total. The Morgan fingerprint density at radius 2 is 1.77 bits per heavy atom. The Morgan fingerprint density at radius 1 is 1.13 bits per heavy atom. The average Bonchev–Trinajstić information content (AvgIpc) is 3.13. The molecule has 0 amide bonds. The van der Waals surface area contributed by atoms with Gasteiger partial charge in [-0.3, -0.25) is 9.79 Å². The highest BCUT2D eigenvalue weighted by molar-refractivity contribution is 14.0. The fraction of sp³-hybridized carbons (Fsp3) is 0.619. The molecule has 1 heterocycles. The SMILES string of the molecule is CCNC(=NCCc1c(OC)cc(OC)cc1OC)N1CC(C)C(C(=O)OC)C1.I. The van der Waals surface area contributed by atoms with Crippen molar-refractivity contribution in [3.63, 3.8) is 0 Å². The number of nitrogens with one attached hydrogen (secondary N) is 1. The maximum atomic E-state index is 12.0. The van der Waals surface area contributed by atoms with Crippen molar-refractivity contribution in [1.29, 1.82) is 0 Å². The highest BCUT2D eigenvalue weighted by atomic mass is 127. The minimum Gasteiger partial charge on any atom is -0.496 e. The Kier molecular flexibility index (Phi) is 11.1. The largest absolute Gasteiger partial charge is 0.496 e. The van der Waals surface area contributed by atoms with Gasteiger partial charge in [-0.05, 0) is 19.3 Å². The van der Waals surface area contributed by atoms with E-state index in [2.05, 4.69) is 17.1 Å². The fourth-order valence-electron chi connectivity index (χ4n) is 3.62. The quantitative estimate of drug-likeness (QED) is 0.237. The second-order valence-corrected chi connectivity index (χ2v) is 7.01. The number of hydrogen-bond donors (Lipinski definition) is 1. The third kappa shape index (κ3) is 6.29. The van der Waals surface area contributed by atoms with Crippen LogP contribution in [0.1, 0.15) is 19.4 Å². The number of nitrogens with zero attached hydrogens (tertiary/aromatic N) is 2. The van der Waals surface area contributed by atoms with Gasteiger partial charge in [-0.2, -0.15) is 0 Å². The number of esters is 1. The first-order chi connectivity index (χ1) is 14.0. The van der Waals surface area contributed by atoms with Gasteiger partial charge >= 0.3 is 5.97 Å². The van der Waals surface area contributed by atoms with Gasteiger partial charge in [0.25, 0.3) is 0 Å². The number of aliphatic imine (C=N–C) groups is 1. The van der Waals surface area contributed by atoms with E-state index < -0.39 is 0 Å². The zero-order valence-corrected chi connectivity index (χ0v) is 21.0. The van der Waals surface area contributed by atoms with Gasteiger partial charge in [-0.1, -0.05) is 6.92 Å². The summed E-state index contributed by atoms with van der Waals surface area (Å²) in [7, 11) is 6.30. The molecule has 0 bridgehead atoms. The lowest BCUT2D eigenvalue weighted by Gasteiger charge is -2.21. The van der Waals surface area contributed by atoms with E-state index in [1.165, 1.54) is 7.11 Å². The van der Waals surface area contributed by atoms with Crippen molar-refractivity contribution >= 4 is 35.9 Å². The fourth-order valence-corrected chi connectivity index (χ4v) is 3.62. The minimum absolute atomic E-state index is 0. The maximum Gasteiger partial charge on any atom is 0.310 e. The van der Waals surface area contributed by atoms with E-state index in [9.17, 15) is 4.79 Å². The molecule has 30 heavy (non-hydrogen) atoms. The second kappa shape index (κ2) is 12.7. The van der Waals surface area contributed by atoms with Crippen LogP contribution >= 0.6 is 24.0 Å². The summed E-state index contributed by atoms with van der Waals surface area (Å²) in [5.41, 5.74) is 0.942. The van der Waals surface area contributed by atoms with Crippen LogP contribution in [0.3, 0.4) is 0 Å². The predicted octanol–water partition coefficient (Wildman–Crippen LogP) is 2.58. The minimum atomic E-state index is -0.163. The van der Waals surface area contributed by atoms with E-state index in [1.54, 1.807) is 21.3 Å². The van der Waals surface area contributed by atoms with Gasteiger partial charge in [0.1, 0.15) is 17.2 Å². The molecule has 1 saturated heterocycles. The highest BCUT2D eigenvalue weighted by Gasteiger charge is 2.36. The van der Waals surface area contributed by atoms with Crippen molar-refractivity contribution in [2.75, 3.05) is 54.6 Å². The van der Waals surface area contributed by atoms with Crippen molar-refractivity contribution in [3.05, 3.63) is 17.7 Å². The van der Waals surface area contributed by atoms with Crippen LogP contribution in [0.4, 0.5) is 0 Å². The number of guanidine groups is 1. The molecule has 1 fully saturated rings. The number of carbonyl (C=O) groups is 1. The van der Waals surface area contributed by atoms with Crippen molar-refractivity contribution in [2.24, 2.45) is 16.8 Å². The van der Waals surface area contributed by atoms with E-state index in [1.807, 2.05) is 19.1 Å². The van der Waals surface area contributed by atoms with Crippen LogP contribution in [0.25, 0.3) is 0 Å². The Morgan fingerprint density at radius 3 is 2.27 bits per heavy atom. The van der Waals surface area contributed by atoms with Crippen molar-refractivity contribution in [2.45, 2.75) is 20.3 Å². The molecule has 0 spiro atoms. The van der Waals surface area contributed by atoms with Gasteiger partial charge in [-0.15, -0.1) is 24.0 Å². The molecule has 9 heteroatoms. The Labute approximate surface area is 196 Å². The third-order valence-corrected chi connectivity index (χ3v) is 5.19. The third-order valence-electron chi connectivity index (χ3n) is 5.19. The van der Waals surface area contributed by atoms with Gasteiger partial charge in [0, 0.05) is 43.9 Å². The Balaban J connectivity index is 0.00000450. The van der Waals surface area contributed by atoms with Crippen molar-refractivity contribution in [1.82, 2.24) is 10.2 Å². The summed E-state index contributed by atoms with van der Waals surface area (Å²) in [6.45, 7) is 6.77. The number of carbonyl (C=O) groups excluding carboxylic acids is 1. The normalized spacial score (nSPS) is 18.5. The zero-order valence-electron chi connectivity index (χ0n) is 18.7. The van der Waals surface area contributed by atoms with Crippen LogP contribution in [0.2, 0.25) is 0 Å². The number of rotatable bonds is 8. The number of methoxy groups -OCH3 is 4. The molecule has 1 aromatic rings. The first-order valence-electron chi connectivity index (χ1n) is 9.88. The summed E-state index contributed by atoms with van der Waals surface area (Å²) in [6.07, 6.45) is 0.648. The molecule has 1 N–H and O–H groups in total. The van der Waals surface area contributed by atoms with E-state index in [4.69, 9.17) is 23.9 Å². The van der Waals surface area contributed by atoms with E-state index in [0.717, 1.165) is 24.6 Å². The molecular weight excluding hydrogens is 501 g/mol. The predicted molar refractivity (Wildman–Crippen MR) is 127 cm³/mol. The van der Waals surface area contributed by atoms with Gasteiger partial charge in [0.2, 0.25) is 0 Å². The van der Waals surface area contributed by atoms with Crippen LogP contribution in [-0.2, 0) is 16.0 Å². The summed E-state index contributed by atoms with van der Waals surface area (Å²) in [4.78, 5) is 18.9. The molecule has 0 radical (unpaired) electrons. The van der Waals surface area contributed by atoms with E-state index in [-0.39, 0.29) is 41.8 Å². The number of likely N-dealkylation sites (tertiary alicyclic amines) is 1. The zero-order chi connectivity index (χ0) is 21.4. The summed E-state index contributed by atoms with van der Waals surface area (Å²) in [5, 5.41) is 3.33. The lowest BCUT2D eigenvalue weighted by molar-refractivity contribution is -0.145. The van der Waals surface area contributed by atoms with Gasteiger partial charge in [0.15, 0.2) is 5.96 Å². The summed E-state index contributed by atoms with van der Waals surface area (Å²) in [6, 6.07) is 3.69. The molecular formula is C21H34IN3O5. The molecule has 1 aliphatic rings. The van der Waals surface area contributed by atoms with Crippen LogP contribution in [0.5, 0.6) is 17.2 Å². The van der Waals surface area contributed by atoms with Crippen LogP contribution in [0.15, 0.2) is 17.1 Å². The van der Waals surface area contributed by atoms with Gasteiger partial charge in [-0.25, -0.2) is 0 Å². The number of ether oxygens (including phenoxy) is 4. The second-order valence-electron chi connectivity index (χ2n) is 7.01. The Bertz CT molecular complexity index is 704. The average molecular weight is 535 g/mol. The molecule has 0 aliphatic carbocycles. The molecule has 1 aromatic carbocycles. The standard InChI is InChI=1S/C21H33N3O5.HI/c1-7-22-21(24-12-14(2)17(13-24)20(25)29-6)23-9-8-16-18(27-4)10-15(26-3)11-19(16)28-5;/h10-11,14,17H,7-9,12-13H2,1-6H3,(H,22,23);1H. The van der Waals surface area contributed by atoms with Gasteiger partial charge in [0.05, 0.1) is 34.4 Å². The van der Waals surface area contributed by atoms with Crippen LogP contribution in [-0.4, -0.2) is 71.4 Å². The van der Waals surface area contributed by atoms with Gasteiger partial charge < -0.3 is 29.2 Å². The van der Waals surface area contributed by atoms with Crippen LogP contribution in [0, 0.1) is 11.8 Å². The summed E-state index contributed by atoms with van der Waals surface area (Å²) < 4.78 is 21.3. The number of hydrogen-bond acceptors (Lipinski definition) is 6. The molecule has 0 aromatic heterocycles. The van der Waals surface area contributed by atoms with Crippen LogP contribution < -0.4 is 19.5 Å². The van der Waals surface area contributed by atoms with E-state index in [0.29, 0.717) is 36.8 Å². The van der Waals surface area contributed by atoms with E-state index >= 15 is 0 Å². The molecule has 2 unspecified atom stereocenters. The number of halogens is 1. The first-order valence-corrected chi connectivity index (χ1v) is 9.88. The van der Waals surface area contributed by atoms with Crippen molar-refractivity contribution < 1.29 is 23.7 Å². The highest BCUT2D eigenvalue weighted by Crippen LogP contribution is 2.34. The number of benzene rings is 1. The molecule has 170 valence electrons. The van der Waals surface area contributed by atoms with Crippen molar-refractivity contribution in [3.8, 4) is 17.2 Å².